The fourth-order valence-electron chi connectivity index (χ4n) is 2.95. The molecule has 0 aliphatic rings. The molecule has 7 nitrogen and oxygen atoms in total. The Bertz CT molecular complexity index is 924. The zero-order chi connectivity index (χ0) is 19.4. The smallest absolute Gasteiger partial charge is 0.325 e. The number of aryl methyl sites for hydroxylation is 1. The molecule has 0 aliphatic carbocycles. The maximum absolute atomic E-state index is 12.0. The first-order valence-corrected chi connectivity index (χ1v) is 8.45. The lowest BCUT2D eigenvalue weighted by atomic mass is 10.0. The summed E-state index contributed by atoms with van der Waals surface area (Å²) >= 11 is 0. The van der Waals surface area contributed by atoms with E-state index in [0.29, 0.717) is 23.1 Å². The summed E-state index contributed by atoms with van der Waals surface area (Å²) in [7, 11) is 3.23. The summed E-state index contributed by atoms with van der Waals surface area (Å²) in [5, 5.41) is 17.9. The van der Waals surface area contributed by atoms with E-state index in [0.717, 1.165) is 11.1 Å². The topological polar surface area (TPSA) is 88.7 Å². The summed E-state index contributed by atoms with van der Waals surface area (Å²) in [6, 6.07) is 14.0. The van der Waals surface area contributed by atoms with Crippen molar-refractivity contribution in [1.29, 1.82) is 0 Å². The van der Waals surface area contributed by atoms with E-state index in [1.54, 1.807) is 18.0 Å². The van der Waals surface area contributed by atoms with Gasteiger partial charge in [0, 0.05) is 11.1 Å². The number of hydrogen-bond acceptors (Lipinski definition) is 6. The van der Waals surface area contributed by atoms with Gasteiger partial charge in [-0.15, -0.1) is 10.2 Å². The van der Waals surface area contributed by atoms with Crippen molar-refractivity contribution in [2.24, 2.45) is 0 Å². The van der Waals surface area contributed by atoms with Crippen LogP contribution >= 0.6 is 0 Å². The molecule has 0 amide bonds. The van der Waals surface area contributed by atoms with Gasteiger partial charge < -0.3 is 14.3 Å². The van der Waals surface area contributed by atoms with Crippen LogP contribution in [-0.2, 0) is 11.3 Å². The Hall–Kier alpha value is -3.19. The minimum atomic E-state index is -0.982. The predicted octanol–water partition coefficient (Wildman–Crippen LogP) is 3.31. The normalized spacial score (nSPS) is 12.1. The minimum Gasteiger partial charge on any atom is -0.496 e. The number of carboxylic acids is 1. The molecular formula is C20H21N3O4. The molecular weight excluding hydrogens is 346 g/mol. The highest BCUT2D eigenvalue weighted by Crippen LogP contribution is 2.31. The number of likely N-dealkylation sites (N-methyl/N-ethyl adjacent to an activating group) is 1. The molecule has 0 aliphatic heterocycles. The summed E-state index contributed by atoms with van der Waals surface area (Å²) in [4.78, 5) is 13.6. The standard InChI is InChI=1S/C20H21N3O4/c1-13-9-10-16(26-3)15(11-13)18(20(24)25)23(2)12-17-21-22-19(27-17)14-7-5-4-6-8-14/h4-11,18H,12H2,1-3H3,(H,24,25). The van der Waals surface area contributed by atoms with E-state index in [2.05, 4.69) is 10.2 Å². The number of carbonyl (C=O) groups is 1. The van der Waals surface area contributed by atoms with Gasteiger partial charge in [0.1, 0.15) is 11.8 Å². The summed E-state index contributed by atoms with van der Waals surface area (Å²) in [5.41, 5.74) is 2.35. The lowest BCUT2D eigenvalue weighted by Crippen LogP contribution is -2.31. The molecule has 0 radical (unpaired) electrons. The van der Waals surface area contributed by atoms with Gasteiger partial charge in [-0.3, -0.25) is 9.69 Å². The van der Waals surface area contributed by atoms with E-state index >= 15 is 0 Å². The van der Waals surface area contributed by atoms with Crippen LogP contribution in [0.25, 0.3) is 11.5 Å². The first kappa shape index (κ1) is 18.6. The lowest BCUT2D eigenvalue weighted by molar-refractivity contribution is -0.143. The third-order valence-corrected chi connectivity index (χ3v) is 4.23. The molecule has 1 heterocycles. The molecule has 7 heteroatoms. The third-order valence-electron chi connectivity index (χ3n) is 4.23. The van der Waals surface area contributed by atoms with E-state index < -0.39 is 12.0 Å². The van der Waals surface area contributed by atoms with Gasteiger partial charge in [0.2, 0.25) is 11.8 Å². The highest BCUT2D eigenvalue weighted by Gasteiger charge is 2.29. The van der Waals surface area contributed by atoms with Gasteiger partial charge in [-0.25, -0.2) is 0 Å². The molecule has 0 saturated carbocycles. The highest BCUT2D eigenvalue weighted by atomic mass is 16.5. The zero-order valence-corrected chi connectivity index (χ0v) is 15.4. The molecule has 1 aromatic heterocycles. The number of benzene rings is 2. The second kappa shape index (κ2) is 8.01. The van der Waals surface area contributed by atoms with Crippen molar-refractivity contribution >= 4 is 5.97 Å². The van der Waals surface area contributed by atoms with E-state index in [4.69, 9.17) is 9.15 Å². The van der Waals surface area contributed by atoms with E-state index in [1.807, 2.05) is 49.4 Å². The van der Waals surface area contributed by atoms with Crippen LogP contribution in [0.15, 0.2) is 52.9 Å². The molecule has 0 saturated heterocycles. The van der Waals surface area contributed by atoms with Crippen LogP contribution in [0.4, 0.5) is 0 Å². The van der Waals surface area contributed by atoms with Gasteiger partial charge in [0.25, 0.3) is 0 Å². The number of hydrogen-bond donors (Lipinski definition) is 1. The Labute approximate surface area is 157 Å². The summed E-state index contributed by atoms with van der Waals surface area (Å²) in [6.07, 6.45) is 0. The number of nitrogens with zero attached hydrogens (tertiary/aromatic N) is 3. The van der Waals surface area contributed by atoms with Crippen molar-refractivity contribution < 1.29 is 19.1 Å². The number of aliphatic carboxylic acids is 1. The second-order valence-corrected chi connectivity index (χ2v) is 6.27. The van der Waals surface area contributed by atoms with Gasteiger partial charge in [-0.2, -0.15) is 0 Å². The van der Waals surface area contributed by atoms with Gasteiger partial charge in [0.05, 0.1) is 13.7 Å². The van der Waals surface area contributed by atoms with Crippen molar-refractivity contribution in [3.63, 3.8) is 0 Å². The molecule has 0 bridgehead atoms. The second-order valence-electron chi connectivity index (χ2n) is 6.27. The molecule has 1 N–H and O–H groups in total. The molecule has 0 fully saturated rings. The Kier molecular flexibility index (Phi) is 5.52. The fourth-order valence-corrected chi connectivity index (χ4v) is 2.95. The number of ether oxygens (including phenoxy) is 1. The van der Waals surface area contributed by atoms with Crippen LogP contribution in [0.3, 0.4) is 0 Å². The van der Waals surface area contributed by atoms with Crippen molar-refractivity contribution in [3.8, 4) is 17.2 Å². The minimum absolute atomic E-state index is 0.188. The first-order valence-electron chi connectivity index (χ1n) is 8.45. The number of methoxy groups -OCH3 is 1. The molecule has 1 unspecified atom stereocenters. The Balaban J connectivity index is 1.85. The van der Waals surface area contributed by atoms with Crippen molar-refractivity contribution in [2.45, 2.75) is 19.5 Å². The van der Waals surface area contributed by atoms with Crippen LogP contribution in [-0.4, -0.2) is 40.3 Å². The Morgan fingerprint density at radius 3 is 2.63 bits per heavy atom. The number of carboxylic acid groups (broad SMARTS) is 1. The van der Waals surface area contributed by atoms with E-state index in [-0.39, 0.29) is 6.54 Å². The molecule has 27 heavy (non-hydrogen) atoms. The zero-order valence-electron chi connectivity index (χ0n) is 15.4. The van der Waals surface area contributed by atoms with Crippen LogP contribution in [0.2, 0.25) is 0 Å². The molecule has 3 rings (SSSR count). The Morgan fingerprint density at radius 1 is 1.22 bits per heavy atom. The molecule has 3 aromatic rings. The average Bonchev–Trinajstić information content (AvgIpc) is 3.11. The van der Waals surface area contributed by atoms with E-state index in [9.17, 15) is 9.90 Å². The molecule has 0 spiro atoms. The predicted molar refractivity (Wildman–Crippen MR) is 99.3 cm³/mol. The van der Waals surface area contributed by atoms with Gasteiger partial charge in [-0.1, -0.05) is 35.9 Å². The van der Waals surface area contributed by atoms with Crippen molar-refractivity contribution in [2.75, 3.05) is 14.2 Å². The van der Waals surface area contributed by atoms with Crippen LogP contribution in [0.1, 0.15) is 23.1 Å². The van der Waals surface area contributed by atoms with Gasteiger partial charge >= 0.3 is 5.97 Å². The fraction of sp³-hybridized carbons (Fsp3) is 0.250. The molecule has 1 atom stereocenters. The maximum Gasteiger partial charge on any atom is 0.325 e. The summed E-state index contributed by atoms with van der Waals surface area (Å²) in [5.74, 6) is 0.285. The number of rotatable bonds is 7. The number of aromatic nitrogens is 2. The van der Waals surface area contributed by atoms with Crippen LogP contribution in [0, 0.1) is 6.92 Å². The third kappa shape index (κ3) is 4.15. The maximum atomic E-state index is 12.0. The first-order chi connectivity index (χ1) is 13.0. The van der Waals surface area contributed by atoms with E-state index in [1.165, 1.54) is 7.11 Å². The van der Waals surface area contributed by atoms with Gasteiger partial charge in [-0.05, 0) is 32.2 Å². The lowest BCUT2D eigenvalue weighted by Gasteiger charge is -2.25. The van der Waals surface area contributed by atoms with Crippen molar-refractivity contribution in [1.82, 2.24) is 15.1 Å². The monoisotopic (exact) mass is 367 g/mol. The SMILES string of the molecule is COc1ccc(C)cc1C(C(=O)O)N(C)Cc1nnc(-c2ccccc2)o1. The summed E-state index contributed by atoms with van der Waals surface area (Å²) < 4.78 is 11.1. The quantitative estimate of drug-likeness (QED) is 0.685. The van der Waals surface area contributed by atoms with Crippen LogP contribution in [0.5, 0.6) is 5.75 Å². The highest BCUT2D eigenvalue weighted by molar-refractivity contribution is 5.76. The Morgan fingerprint density at radius 2 is 1.96 bits per heavy atom. The van der Waals surface area contributed by atoms with Crippen molar-refractivity contribution in [3.05, 3.63) is 65.5 Å². The summed E-state index contributed by atoms with van der Waals surface area (Å²) in [6.45, 7) is 2.10. The molecule has 2 aromatic carbocycles. The average molecular weight is 367 g/mol. The largest absolute Gasteiger partial charge is 0.496 e. The van der Waals surface area contributed by atoms with Crippen LogP contribution < -0.4 is 4.74 Å². The van der Waals surface area contributed by atoms with Gasteiger partial charge in [0.15, 0.2) is 0 Å². The molecule has 140 valence electrons.